The highest BCUT2D eigenvalue weighted by molar-refractivity contribution is 4.95. The first-order valence-electron chi connectivity index (χ1n) is 3.21. The molecular formula is C6H9F2N3. The van der Waals surface area contributed by atoms with E-state index < -0.39 is 6.43 Å². The fraction of sp³-hybridized carbons (Fsp3) is 0.500. The quantitative estimate of drug-likeness (QED) is 0.705. The van der Waals surface area contributed by atoms with Crippen molar-refractivity contribution in [1.82, 2.24) is 9.55 Å². The van der Waals surface area contributed by atoms with Crippen LogP contribution in [-0.4, -0.2) is 16.0 Å². The van der Waals surface area contributed by atoms with Crippen molar-refractivity contribution in [3.8, 4) is 0 Å². The van der Waals surface area contributed by atoms with Gasteiger partial charge in [-0.1, -0.05) is 0 Å². The number of nitrogens with two attached hydrogens (primary N) is 1. The summed E-state index contributed by atoms with van der Waals surface area (Å²) in [7, 11) is 0. The van der Waals surface area contributed by atoms with Crippen LogP contribution in [0.2, 0.25) is 0 Å². The molecule has 0 fully saturated rings. The summed E-state index contributed by atoms with van der Waals surface area (Å²) in [6.45, 7) is -0.0246. The molecule has 5 heteroatoms. The number of hydrogen-bond acceptors (Lipinski definition) is 2. The molecule has 1 aromatic rings. The Morgan fingerprint density at radius 2 is 2.36 bits per heavy atom. The van der Waals surface area contributed by atoms with Crippen molar-refractivity contribution in [2.75, 3.05) is 0 Å². The summed E-state index contributed by atoms with van der Waals surface area (Å²) in [5.41, 5.74) is 5.86. The number of halogens is 2. The van der Waals surface area contributed by atoms with Crippen molar-refractivity contribution in [1.29, 1.82) is 0 Å². The van der Waals surface area contributed by atoms with Crippen LogP contribution >= 0.6 is 0 Å². The van der Waals surface area contributed by atoms with Crippen LogP contribution in [0.3, 0.4) is 0 Å². The maximum Gasteiger partial charge on any atom is 0.256 e. The highest BCUT2D eigenvalue weighted by Crippen LogP contribution is 2.00. The third-order valence-electron chi connectivity index (χ3n) is 1.24. The van der Waals surface area contributed by atoms with Crippen LogP contribution in [0.5, 0.6) is 0 Å². The lowest BCUT2D eigenvalue weighted by Gasteiger charge is -1.97. The van der Waals surface area contributed by atoms with Crippen molar-refractivity contribution < 1.29 is 8.78 Å². The highest BCUT2D eigenvalue weighted by atomic mass is 19.3. The van der Waals surface area contributed by atoms with E-state index in [4.69, 9.17) is 5.73 Å². The van der Waals surface area contributed by atoms with Gasteiger partial charge in [0.2, 0.25) is 0 Å². The minimum absolute atomic E-state index is 0.288. The first kappa shape index (κ1) is 8.13. The number of nitrogens with zero attached hydrogens (tertiary/aromatic N) is 2. The zero-order valence-electron chi connectivity index (χ0n) is 5.87. The SMILES string of the molecule is NCc1cn(CC(F)F)cn1. The average molecular weight is 161 g/mol. The molecule has 0 saturated heterocycles. The fourth-order valence-corrected chi connectivity index (χ4v) is 0.771. The Hall–Kier alpha value is -0.970. The Morgan fingerprint density at radius 1 is 1.64 bits per heavy atom. The molecule has 0 spiro atoms. The second-order valence-electron chi connectivity index (χ2n) is 2.16. The smallest absolute Gasteiger partial charge is 0.256 e. The van der Waals surface area contributed by atoms with Crippen LogP contribution < -0.4 is 5.73 Å². The van der Waals surface area contributed by atoms with E-state index in [1.54, 1.807) is 0 Å². The first-order valence-corrected chi connectivity index (χ1v) is 3.21. The molecule has 0 aliphatic carbocycles. The normalized spacial score (nSPS) is 10.9. The molecule has 1 heterocycles. The van der Waals surface area contributed by atoms with Crippen molar-refractivity contribution in [3.05, 3.63) is 18.2 Å². The van der Waals surface area contributed by atoms with Crippen molar-refractivity contribution >= 4 is 0 Å². The minimum Gasteiger partial charge on any atom is -0.331 e. The molecule has 3 nitrogen and oxygen atoms in total. The van der Waals surface area contributed by atoms with Gasteiger partial charge in [0, 0.05) is 12.7 Å². The van der Waals surface area contributed by atoms with Crippen LogP contribution in [0.4, 0.5) is 8.78 Å². The largest absolute Gasteiger partial charge is 0.331 e. The topological polar surface area (TPSA) is 43.8 Å². The molecule has 2 N–H and O–H groups in total. The summed E-state index contributed by atoms with van der Waals surface area (Å²) in [5, 5.41) is 0. The van der Waals surface area contributed by atoms with Gasteiger partial charge in [-0.3, -0.25) is 0 Å². The van der Waals surface area contributed by atoms with Crippen LogP contribution in [0, 0.1) is 0 Å². The van der Waals surface area contributed by atoms with E-state index in [0.717, 1.165) is 0 Å². The number of alkyl halides is 2. The summed E-state index contributed by atoms with van der Waals surface area (Å²) in [6, 6.07) is 0. The second-order valence-corrected chi connectivity index (χ2v) is 2.16. The van der Waals surface area contributed by atoms with Gasteiger partial charge in [0.05, 0.1) is 18.6 Å². The minimum atomic E-state index is -2.34. The number of hydrogen-bond donors (Lipinski definition) is 1. The Labute approximate surface area is 62.8 Å². The molecule has 1 rings (SSSR count). The highest BCUT2D eigenvalue weighted by Gasteiger charge is 2.03. The molecular weight excluding hydrogens is 152 g/mol. The molecule has 0 radical (unpaired) electrons. The van der Waals surface area contributed by atoms with E-state index in [1.165, 1.54) is 17.1 Å². The Balaban J connectivity index is 2.58. The molecule has 0 unspecified atom stereocenters. The van der Waals surface area contributed by atoms with Crippen LogP contribution in [0.15, 0.2) is 12.5 Å². The maximum atomic E-state index is 11.8. The predicted molar refractivity (Wildman–Crippen MR) is 36.1 cm³/mol. The van der Waals surface area contributed by atoms with Gasteiger partial charge in [0.1, 0.15) is 0 Å². The van der Waals surface area contributed by atoms with Gasteiger partial charge < -0.3 is 10.3 Å². The lowest BCUT2D eigenvalue weighted by molar-refractivity contribution is 0.126. The van der Waals surface area contributed by atoms with Gasteiger partial charge in [0.25, 0.3) is 6.43 Å². The van der Waals surface area contributed by atoms with Crippen LogP contribution in [-0.2, 0) is 13.1 Å². The van der Waals surface area contributed by atoms with E-state index in [-0.39, 0.29) is 13.1 Å². The zero-order chi connectivity index (χ0) is 8.27. The Morgan fingerprint density at radius 3 is 2.82 bits per heavy atom. The third-order valence-corrected chi connectivity index (χ3v) is 1.24. The first-order chi connectivity index (χ1) is 5.22. The summed E-state index contributed by atoms with van der Waals surface area (Å²) in [4.78, 5) is 3.79. The van der Waals surface area contributed by atoms with Crippen molar-refractivity contribution in [2.24, 2.45) is 5.73 Å². The zero-order valence-corrected chi connectivity index (χ0v) is 5.87. The van der Waals surface area contributed by atoms with Gasteiger partial charge in [0.15, 0.2) is 0 Å². The second kappa shape index (κ2) is 3.43. The monoisotopic (exact) mass is 161 g/mol. The van der Waals surface area contributed by atoms with Crippen molar-refractivity contribution in [3.63, 3.8) is 0 Å². The van der Waals surface area contributed by atoms with E-state index in [1.807, 2.05) is 0 Å². The van der Waals surface area contributed by atoms with E-state index >= 15 is 0 Å². The number of rotatable bonds is 3. The number of imidazole rings is 1. The molecule has 0 atom stereocenters. The van der Waals surface area contributed by atoms with Gasteiger partial charge in [-0.2, -0.15) is 0 Å². The standard InChI is InChI=1S/C6H9F2N3/c7-6(8)3-11-2-5(1-9)10-4-11/h2,4,6H,1,3,9H2. The van der Waals surface area contributed by atoms with Gasteiger partial charge in [-0.25, -0.2) is 13.8 Å². The summed E-state index contributed by atoms with van der Waals surface area (Å²) >= 11 is 0. The number of aromatic nitrogens is 2. The van der Waals surface area contributed by atoms with Crippen LogP contribution in [0.1, 0.15) is 5.69 Å². The Bertz CT molecular complexity index is 221. The third kappa shape index (κ3) is 2.27. The van der Waals surface area contributed by atoms with Crippen LogP contribution in [0.25, 0.3) is 0 Å². The summed E-state index contributed by atoms with van der Waals surface area (Å²) < 4.78 is 24.8. The predicted octanol–water partition coefficient (Wildman–Crippen LogP) is 0.607. The van der Waals surface area contributed by atoms with Gasteiger partial charge in [-0.15, -0.1) is 0 Å². The molecule has 0 bridgehead atoms. The molecule has 0 saturated carbocycles. The maximum absolute atomic E-state index is 11.8. The van der Waals surface area contributed by atoms with E-state index in [2.05, 4.69) is 4.98 Å². The summed E-state index contributed by atoms with van der Waals surface area (Å²) in [5.74, 6) is 0. The average Bonchev–Trinajstić information content (AvgIpc) is 2.34. The molecule has 62 valence electrons. The summed E-state index contributed by atoms with van der Waals surface area (Å²) in [6.07, 6.45) is 0.537. The lowest BCUT2D eigenvalue weighted by atomic mass is 10.5. The van der Waals surface area contributed by atoms with E-state index in [9.17, 15) is 8.78 Å². The van der Waals surface area contributed by atoms with Gasteiger partial charge in [-0.05, 0) is 0 Å². The fourth-order valence-electron chi connectivity index (χ4n) is 0.771. The molecule has 1 aromatic heterocycles. The van der Waals surface area contributed by atoms with Gasteiger partial charge >= 0.3 is 0 Å². The van der Waals surface area contributed by atoms with E-state index in [0.29, 0.717) is 5.69 Å². The van der Waals surface area contributed by atoms with Crippen molar-refractivity contribution in [2.45, 2.75) is 19.5 Å². The molecule has 0 aromatic carbocycles. The molecule has 11 heavy (non-hydrogen) atoms. The molecule has 0 amide bonds. The Kier molecular flexibility index (Phi) is 2.53. The molecule has 0 aliphatic heterocycles. The lowest BCUT2D eigenvalue weighted by Crippen LogP contribution is -2.04. The molecule has 0 aliphatic rings.